The molecule has 1 amide bonds. The second-order valence-electron chi connectivity index (χ2n) is 9.04. The van der Waals surface area contributed by atoms with Gasteiger partial charge in [0.2, 0.25) is 0 Å². The fourth-order valence-electron chi connectivity index (χ4n) is 5.79. The molecular weight excluding hydrogens is 374 g/mol. The monoisotopic (exact) mass is 405 g/mol. The summed E-state index contributed by atoms with van der Waals surface area (Å²) in [5, 5.41) is 6.89. The lowest BCUT2D eigenvalue weighted by Gasteiger charge is -2.55. The molecule has 0 radical (unpaired) electrons. The second kappa shape index (κ2) is 8.44. The van der Waals surface area contributed by atoms with Gasteiger partial charge in [-0.2, -0.15) is 0 Å². The highest BCUT2D eigenvalue weighted by molar-refractivity contribution is 5.99. The van der Waals surface area contributed by atoms with Crippen molar-refractivity contribution in [3.05, 3.63) is 47.9 Å². The average molecular weight is 406 g/mol. The number of rotatable bonds is 4. The number of nitrogens with one attached hydrogen (secondary N) is 2. The number of amides is 1. The Morgan fingerprint density at radius 3 is 2.90 bits per heavy atom. The Morgan fingerprint density at radius 2 is 2.03 bits per heavy atom. The molecule has 4 atom stereocenters. The molecule has 158 valence electrons. The summed E-state index contributed by atoms with van der Waals surface area (Å²) in [6.45, 7) is 5.93. The van der Waals surface area contributed by atoms with E-state index in [0.29, 0.717) is 41.6 Å². The zero-order valence-corrected chi connectivity index (χ0v) is 17.7. The first-order chi connectivity index (χ1) is 14.7. The Balaban J connectivity index is 1.35. The molecule has 0 aliphatic carbocycles. The fourth-order valence-corrected chi connectivity index (χ4v) is 5.79. The van der Waals surface area contributed by atoms with Crippen LogP contribution in [0, 0.1) is 18.8 Å². The molecule has 0 spiro atoms. The maximum atomic E-state index is 13.2. The molecule has 6 nitrogen and oxygen atoms in total. The van der Waals surface area contributed by atoms with E-state index < -0.39 is 0 Å². The first-order valence-corrected chi connectivity index (χ1v) is 11.3. The molecule has 4 heterocycles. The summed E-state index contributed by atoms with van der Waals surface area (Å²) < 4.78 is 0. The summed E-state index contributed by atoms with van der Waals surface area (Å²) in [7, 11) is 0. The largest absolute Gasteiger partial charge is 0.350 e. The van der Waals surface area contributed by atoms with Gasteiger partial charge in [-0.25, -0.2) is 9.97 Å². The van der Waals surface area contributed by atoms with Crippen LogP contribution >= 0.6 is 0 Å². The highest BCUT2D eigenvalue weighted by Crippen LogP contribution is 2.38. The van der Waals surface area contributed by atoms with E-state index in [9.17, 15) is 4.79 Å². The normalized spacial score (nSPS) is 28.6. The maximum Gasteiger partial charge on any atom is 0.255 e. The van der Waals surface area contributed by atoms with Crippen LogP contribution in [0.2, 0.25) is 0 Å². The number of carbonyl (C=O) groups excluding carboxylic acids is 1. The van der Waals surface area contributed by atoms with Crippen LogP contribution in [0.5, 0.6) is 0 Å². The van der Waals surface area contributed by atoms with E-state index in [4.69, 9.17) is 0 Å². The van der Waals surface area contributed by atoms with Crippen LogP contribution in [0.4, 0.5) is 0 Å². The van der Waals surface area contributed by atoms with E-state index in [1.807, 2.05) is 37.3 Å². The quantitative estimate of drug-likeness (QED) is 0.818. The third-order valence-electron chi connectivity index (χ3n) is 7.20. The predicted molar refractivity (Wildman–Crippen MR) is 117 cm³/mol. The Kier molecular flexibility index (Phi) is 5.52. The van der Waals surface area contributed by atoms with Gasteiger partial charge in [-0.3, -0.25) is 9.69 Å². The molecule has 1 aromatic carbocycles. The number of benzene rings is 1. The standard InChI is InChI=1S/C24H31N5O/c1-16-26-14-20(23(28-16)17-7-3-2-4-8-17)24(30)27-15-22-19-11-18(12-25-13-19)21-9-5-6-10-29(21)22/h2-4,7-8,14,18-19,21-22,25H,5-6,9-13,15H2,1H3,(H,27,30)/t18-,19+,21+,22+/m1/s1. The van der Waals surface area contributed by atoms with Crippen molar-refractivity contribution in [2.75, 3.05) is 26.2 Å². The molecule has 5 rings (SSSR count). The predicted octanol–water partition coefficient (Wildman–Crippen LogP) is 2.64. The highest BCUT2D eigenvalue weighted by Gasteiger charge is 2.45. The van der Waals surface area contributed by atoms with Crippen molar-refractivity contribution in [3.63, 3.8) is 0 Å². The van der Waals surface area contributed by atoms with Crippen molar-refractivity contribution >= 4 is 5.91 Å². The van der Waals surface area contributed by atoms with Gasteiger partial charge in [0.25, 0.3) is 5.91 Å². The number of hydrogen-bond donors (Lipinski definition) is 2. The summed E-state index contributed by atoms with van der Waals surface area (Å²) in [5.41, 5.74) is 2.21. The molecule has 2 N–H and O–H groups in total. The van der Waals surface area contributed by atoms with Crippen LogP contribution in [0.3, 0.4) is 0 Å². The molecule has 6 heteroatoms. The summed E-state index contributed by atoms with van der Waals surface area (Å²) in [6.07, 6.45) is 6.87. The van der Waals surface area contributed by atoms with Gasteiger partial charge < -0.3 is 10.6 Å². The first-order valence-electron chi connectivity index (χ1n) is 11.3. The number of piperidine rings is 3. The van der Waals surface area contributed by atoms with Crippen LogP contribution in [0.25, 0.3) is 11.3 Å². The Bertz CT molecular complexity index is 902. The van der Waals surface area contributed by atoms with Gasteiger partial charge in [-0.05, 0) is 57.7 Å². The van der Waals surface area contributed by atoms with Gasteiger partial charge >= 0.3 is 0 Å². The minimum Gasteiger partial charge on any atom is -0.350 e. The Morgan fingerprint density at radius 1 is 1.20 bits per heavy atom. The number of hydrogen-bond acceptors (Lipinski definition) is 5. The third-order valence-corrected chi connectivity index (χ3v) is 7.20. The maximum absolute atomic E-state index is 13.2. The van der Waals surface area contributed by atoms with E-state index >= 15 is 0 Å². The topological polar surface area (TPSA) is 70.2 Å². The Labute approximate surface area is 178 Å². The molecule has 2 aromatic rings. The van der Waals surface area contributed by atoms with Crippen LogP contribution in [0.1, 0.15) is 41.9 Å². The van der Waals surface area contributed by atoms with Crippen LogP contribution in [-0.4, -0.2) is 59.0 Å². The van der Waals surface area contributed by atoms with Gasteiger partial charge in [0.1, 0.15) is 5.82 Å². The minimum atomic E-state index is -0.0756. The van der Waals surface area contributed by atoms with Gasteiger partial charge in [0, 0.05) is 30.4 Å². The van der Waals surface area contributed by atoms with Gasteiger partial charge in [-0.1, -0.05) is 36.8 Å². The molecule has 0 saturated carbocycles. The third kappa shape index (κ3) is 3.74. The zero-order chi connectivity index (χ0) is 20.5. The SMILES string of the molecule is Cc1ncc(C(=O)NC[C@H]2[C@@H]3CNC[C@@H](C3)[C@@H]3CCCCN32)c(-c2ccccc2)n1. The number of nitrogens with zero attached hydrogens (tertiary/aromatic N) is 3. The van der Waals surface area contributed by atoms with Gasteiger partial charge in [-0.15, -0.1) is 0 Å². The molecule has 3 fully saturated rings. The molecule has 0 unspecified atom stereocenters. The van der Waals surface area contributed by atoms with Crippen molar-refractivity contribution in [1.29, 1.82) is 0 Å². The van der Waals surface area contributed by atoms with Crippen molar-refractivity contribution in [1.82, 2.24) is 25.5 Å². The number of carbonyl (C=O) groups is 1. The summed E-state index contributed by atoms with van der Waals surface area (Å²) >= 11 is 0. The number of aryl methyl sites for hydroxylation is 1. The van der Waals surface area contributed by atoms with Crippen LogP contribution in [0.15, 0.2) is 36.5 Å². The smallest absolute Gasteiger partial charge is 0.255 e. The van der Waals surface area contributed by atoms with Crippen LogP contribution < -0.4 is 10.6 Å². The molecule has 3 saturated heterocycles. The van der Waals surface area contributed by atoms with Crippen molar-refractivity contribution in [2.24, 2.45) is 11.8 Å². The molecule has 1 aromatic heterocycles. The van der Waals surface area contributed by atoms with Crippen molar-refractivity contribution in [2.45, 2.75) is 44.7 Å². The summed E-state index contributed by atoms with van der Waals surface area (Å²) in [4.78, 5) is 24.8. The molecule has 30 heavy (non-hydrogen) atoms. The van der Waals surface area contributed by atoms with Crippen molar-refractivity contribution < 1.29 is 4.79 Å². The summed E-state index contributed by atoms with van der Waals surface area (Å²) in [5.74, 6) is 1.98. The molecular formula is C24H31N5O. The van der Waals surface area contributed by atoms with E-state index in [-0.39, 0.29) is 5.91 Å². The fraction of sp³-hybridized carbons (Fsp3) is 0.542. The zero-order valence-electron chi connectivity index (χ0n) is 17.7. The molecule has 3 aliphatic rings. The van der Waals surface area contributed by atoms with Gasteiger partial charge in [0.05, 0.1) is 11.3 Å². The first kappa shape index (κ1) is 19.6. The lowest BCUT2D eigenvalue weighted by Crippen LogP contribution is -2.65. The number of fused-ring (bicyclic) bond motifs is 4. The number of aromatic nitrogens is 2. The van der Waals surface area contributed by atoms with Crippen LogP contribution in [-0.2, 0) is 0 Å². The highest BCUT2D eigenvalue weighted by atomic mass is 16.1. The van der Waals surface area contributed by atoms with E-state index in [1.165, 1.54) is 32.2 Å². The van der Waals surface area contributed by atoms with Gasteiger partial charge in [0.15, 0.2) is 0 Å². The second-order valence-corrected chi connectivity index (χ2v) is 9.04. The molecule has 3 aliphatic heterocycles. The molecule has 2 bridgehead atoms. The average Bonchev–Trinajstić information content (AvgIpc) is 2.79. The van der Waals surface area contributed by atoms with E-state index in [0.717, 1.165) is 24.6 Å². The van der Waals surface area contributed by atoms with Crippen molar-refractivity contribution in [3.8, 4) is 11.3 Å². The van der Waals surface area contributed by atoms with E-state index in [2.05, 4.69) is 25.5 Å². The minimum absolute atomic E-state index is 0.0756. The lowest BCUT2D eigenvalue weighted by molar-refractivity contribution is -0.0371. The Hall–Kier alpha value is -2.31. The van der Waals surface area contributed by atoms with E-state index in [1.54, 1.807) is 6.20 Å². The lowest BCUT2D eigenvalue weighted by atomic mass is 9.73. The summed E-state index contributed by atoms with van der Waals surface area (Å²) in [6, 6.07) is 11.0.